The molecule has 2 atom stereocenters. The van der Waals surface area contributed by atoms with E-state index in [1.165, 1.54) is 0 Å². The molecule has 0 aliphatic heterocycles. The highest BCUT2D eigenvalue weighted by atomic mass is 19.4. The van der Waals surface area contributed by atoms with E-state index < -0.39 is 30.1 Å². The van der Waals surface area contributed by atoms with Crippen molar-refractivity contribution in [2.75, 3.05) is 0 Å². The van der Waals surface area contributed by atoms with Gasteiger partial charge in [0.15, 0.2) is 0 Å². The summed E-state index contributed by atoms with van der Waals surface area (Å²) in [4.78, 5) is 23.5. The Morgan fingerprint density at radius 1 is 0.923 bits per heavy atom. The lowest BCUT2D eigenvalue weighted by atomic mass is 9.89. The van der Waals surface area contributed by atoms with Crippen LogP contribution in [0.3, 0.4) is 0 Å². The molecule has 9 heteroatoms. The predicted octanol–water partition coefficient (Wildman–Crippen LogP) is 2.97. The molecular weight excluding hydrogens is 359 g/mol. The number of nitrogens with one attached hydrogen (secondary N) is 2. The Bertz CT molecular complexity index is 634. The Hall–Kier alpha value is -2.19. The molecule has 0 aromatic heterocycles. The van der Waals surface area contributed by atoms with Gasteiger partial charge in [-0.1, -0.05) is 43.2 Å². The van der Waals surface area contributed by atoms with Crippen molar-refractivity contribution >= 4 is 11.8 Å². The summed E-state index contributed by atoms with van der Waals surface area (Å²) >= 11 is 0. The van der Waals surface area contributed by atoms with Crippen LogP contribution >= 0.6 is 0 Å². The van der Waals surface area contributed by atoms with Gasteiger partial charge in [0.2, 0.25) is 5.91 Å². The predicted molar refractivity (Wildman–Crippen MR) is 83.5 cm³/mol. The number of carbonyl (C=O) groups is 2. The summed E-state index contributed by atoms with van der Waals surface area (Å²) in [7, 11) is 0. The van der Waals surface area contributed by atoms with Crippen LogP contribution < -0.4 is 10.6 Å². The van der Waals surface area contributed by atoms with Crippen molar-refractivity contribution in [3.05, 3.63) is 35.9 Å². The minimum atomic E-state index is -5.96. The van der Waals surface area contributed by atoms with Crippen molar-refractivity contribution in [3.8, 4) is 0 Å². The van der Waals surface area contributed by atoms with Gasteiger partial charge in [-0.2, -0.15) is 22.0 Å². The molecule has 2 amide bonds. The number of hydrogen-bond acceptors (Lipinski definition) is 2. The molecule has 0 radical (unpaired) electrons. The summed E-state index contributed by atoms with van der Waals surface area (Å²) in [5.41, 5.74) is 0.741. The van der Waals surface area contributed by atoms with Gasteiger partial charge in [0.25, 0.3) is 0 Å². The lowest BCUT2D eigenvalue weighted by molar-refractivity contribution is -0.270. The molecule has 144 valence electrons. The molecular formula is C17H19F5N2O2. The molecule has 1 saturated carbocycles. The summed E-state index contributed by atoms with van der Waals surface area (Å²) < 4.78 is 63.2. The largest absolute Gasteiger partial charge is 0.463 e. The number of rotatable bonds is 5. The van der Waals surface area contributed by atoms with E-state index in [4.69, 9.17) is 0 Å². The van der Waals surface area contributed by atoms with Crippen LogP contribution in [0.2, 0.25) is 0 Å². The number of carbonyl (C=O) groups excluding carboxylic acids is 2. The normalized spacial score (nSPS) is 21.1. The van der Waals surface area contributed by atoms with Crippen LogP contribution in [0.4, 0.5) is 22.0 Å². The van der Waals surface area contributed by atoms with Crippen LogP contribution in [0.1, 0.15) is 31.2 Å². The second kappa shape index (κ2) is 8.01. The van der Waals surface area contributed by atoms with Crippen molar-refractivity contribution in [1.29, 1.82) is 0 Å². The molecule has 1 aliphatic rings. The van der Waals surface area contributed by atoms with E-state index >= 15 is 0 Å². The molecule has 0 spiro atoms. The smallest absolute Gasteiger partial charge is 0.351 e. The van der Waals surface area contributed by atoms with Gasteiger partial charge in [0, 0.05) is 12.1 Å². The summed E-state index contributed by atoms with van der Waals surface area (Å²) in [5.74, 6) is -8.24. The fourth-order valence-corrected chi connectivity index (χ4v) is 2.90. The Morgan fingerprint density at radius 2 is 1.46 bits per heavy atom. The van der Waals surface area contributed by atoms with Crippen LogP contribution in [0.5, 0.6) is 0 Å². The molecule has 0 unspecified atom stereocenters. The maximum absolute atomic E-state index is 13.1. The molecule has 1 aliphatic carbocycles. The first-order valence-electron chi connectivity index (χ1n) is 8.20. The van der Waals surface area contributed by atoms with Crippen LogP contribution in [0.25, 0.3) is 0 Å². The summed E-state index contributed by atoms with van der Waals surface area (Å²) in [6.45, 7) is 0. The van der Waals surface area contributed by atoms with Gasteiger partial charge >= 0.3 is 18.0 Å². The van der Waals surface area contributed by atoms with Crippen LogP contribution in [-0.2, 0) is 16.0 Å². The van der Waals surface area contributed by atoms with Gasteiger partial charge < -0.3 is 10.6 Å². The van der Waals surface area contributed by atoms with Crippen molar-refractivity contribution in [2.45, 2.75) is 56.3 Å². The highest BCUT2D eigenvalue weighted by Crippen LogP contribution is 2.36. The van der Waals surface area contributed by atoms with Crippen LogP contribution in [0, 0.1) is 0 Å². The first-order valence-corrected chi connectivity index (χ1v) is 8.20. The molecule has 1 aromatic carbocycles. The van der Waals surface area contributed by atoms with E-state index in [2.05, 4.69) is 5.32 Å². The van der Waals surface area contributed by atoms with Gasteiger partial charge in [-0.15, -0.1) is 0 Å². The average molecular weight is 378 g/mol. The minimum absolute atomic E-state index is 0.0523. The number of amides is 2. The van der Waals surface area contributed by atoms with Crippen molar-refractivity contribution in [2.24, 2.45) is 0 Å². The maximum atomic E-state index is 13.1. The third-order valence-corrected chi connectivity index (χ3v) is 4.28. The zero-order valence-electron chi connectivity index (χ0n) is 13.8. The Labute approximate surface area is 147 Å². The topological polar surface area (TPSA) is 58.2 Å². The van der Waals surface area contributed by atoms with Gasteiger partial charge in [0.05, 0.1) is 6.42 Å². The maximum Gasteiger partial charge on any atom is 0.463 e. The fraction of sp³-hybridized carbons (Fsp3) is 0.529. The highest BCUT2D eigenvalue weighted by Gasteiger charge is 2.63. The second-order valence-electron chi connectivity index (χ2n) is 6.27. The fourth-order valence-electron chi connectivity index (χ4n) is 2.90. The van der Waals surface area contributed by atoms with E-state index in [1.807, 2.05) is 0 Å². The van der Waals surface area contributed by atoms with Gasteiger partial charge in [-0.25, -0.2) is 0 Å². The quantitative estimate of drug-likeness (QED) is 0.774. The van der Waals surface area contributed by atoms with Crippen molar-refractivity contribution in [1.82, 2.24) is 10.6 Å². The van der Waals surface area contributed by atoms with E-state index in [1.54, 1.807) is 35.6 Å². The van der Waals surface area contributed by atoms with Gasteiger partial charge in [-0.3, -0.25) is 9.59 Å². The highest BCUT2D eigenvalue weighted by molar-refractivity contribution is 5.85. The number of benzene rings is 1. The van der Waals surface area contributed by atoms with Crippen molar-refractivity contribution in [3.63, 3.8) is 0 Å². The third-order valence-electron chi connectivity index (χ3n) is 4.28. The molecule has 2 N–H and O–H groups in total. The molecule has 1 fully saturated rings. The average Bonchev–Trinajstić information content (AvgIpc) is 2.56. The summed E-state index contributed by atoms with van der Waals surface area (Å²) in [6.07, 6.45) is -4.06. The summed E-state index contributed by atoms with van der Waals surface area (Å²) in [5, 5.41) is 4.39. The number of alkyl halides is 5. The lowest BCUT2D eigenvalue weighted by Crippen LogP contribution is -2.59. The minimum Gasteiger partial charge on any atom is -0.351 e. The van der Waals surface area contributed by atoms with Crippen molar-refractivity contribution < 1.29 is 31.5 Å². The monoisotopic (exact) mass is 378 g/mol. The molecule has 26 heavy (non-hydrogen) atoms. The van der Waals surface area contributed by atoms with E-state index in [-0.39, 0.29) is 18.7 Å². The number of halogens is 5. The molecule has 2 rings (SSSR count). The van der Waals surface area contributed by atoms with E-state index in [0.29, 0.717) is 19.3 Å². The van der Waals surface area contributed by atoms with Gasteiger partial charge in [0.1, 0.15) is 0 Å². The standard InChI is InChI=1S/C17H19F5N2O2/c18-16(19,17(20,21)22)15(26)24-13-9-5-4-8-12(13)23-14(25)10-11-6-2-1-3-7-11/h1-3,6-7,12-13H,4-5,8-10H2,(H,23,25)(H,24,26)/t12-,13-/m1/s1. The SMILES string of the molecule is O=C(Cc1ccccc1)N[C@@H]1CCCC[C@H]1NC(=O)C(F)(F)C(F)(F)F. The third kappa shape index (κ3) is 4.92. The van der Waals surface area contributed by atoms with E-state index in [0.717, 1.165) is 5.56 Å². The van der Waals surface area contributed by atoms with Crippen LogP contribution in [0.15, 0.2) is 30.3 Å². The zero-order chi connectivity index (χ0) is 19.4. The Balaban J connectivity index is 1.99. The zero-order valence-corrected chi connectivity index (χ0v) is 13.8. The Morgan fingerprint density at radius 3 is 2.00 bits per heavy atom. The van der Waals surface area contributed by atoms with Gasteiger partial charge in [-0.05, 0) is 18.4 Å². The molecule has 0 bridgehead atoms. The second-order valence-corrected chi connectivity index (χ2v) is 6.27. The molecule has 0 saturated heterocycles. The molecule has 1 aromatic rings. The van der Waals surface area contributed by atoms with Crippen LogP contribution in [-0.4, -0.2) is 36.0 Å². The molecule has 0 heterocycles. The Kier molecular flexibility index (Phi) is 6.20. The number of hydrogen-bond donors (Lipinski definition) is 2. The summed E-state index contributed by atoms with van der Waals surface area (Å²) in [6, 6.07) is 7.12. The first kappa shape index (κ1) is 20.1. The first-order chi connectivity index (χ1) is 12.1. The molecule has 4 nitrogen and oxygen atoms in total. The lowest BCUT2D eigenvalue weighted by Gasteiger charge is -2.34. The van der Waals surface area contributed by atoms with E-state index in [9.17, 15) is 31.5 Å².